The lowest BCUT2D eigenvalue weighted by atomic mass is 10.1. The zero-order chi connectivity index (χ0) is 16.9. The first-order chi connectivity index (χ1) is 11.7. The van der Waals surface area contributed by atoms with Gasteiger partial charge in [0.2, 0.25) is 0 Å². The van der Waals surface area contributed by atoms with Crippen LogP contribution in [0.4, 0.5) is 5.69 Å². The molecule has 0 fully saturated rings. The van der Waals surface area contributed by atoms with Gasteiger partial charge >= 0.3 is 0 Å². The molecule has 0 spiro atoms. The van der Waals surface area contributed by atoms with E-state index >= 15 is 0 Å². The van der Waals surface area contributed by atoms with Crippen LogP contribution in [0, 0.1) is 6.92 Å². The Morgan fingerprint density at radius 3 is 2.58 bits per heavy atom. The van der Waals surface area contributed by atoms with Crippen LogP contribution >= 0.6 is 0 Å². The van der Waals surface area contributed by atoms with Crippen LogP contribution in [0.25, 0.3) is 11.4 Å². The Bertz CT molecular complexity index is 860. The molecule has 1 aromatic heterocycles. The number of nitrogens with zero attached hydrogens (tertiary/aromatic N) is 2. The Labute approximate surface area is 141 Å². The molecule has 1 amide bonds. The number of hydrogen-bond acceptors (Lipinski definition) is 3. The molecule has 0 atom stereocenters. The van der Waals surface area contributed by atoms with E-state index < -0.39 is 0 Å². The molecule has 3 rings (SSSR count). The van der Waals surface area contributed by atoms with E-state index in [2.05, 4.69) is 22.2 Å². The molecule has 0 aliphatic heterocycles. The zero-order valence-corrected chi connectivity index (χ0v) is 13.8. The second-order valence-electron chi connectivity index (χ2n) is 5.57. The van der Waals surface area contributed by atoms with Gasteiger partial charge < -0.3 is 5.32 Å². The molecule has 2 aromatic carbocycles. The summed E-state index contributed by atoms with van der Waals surface area (Å²) in [6, 6.07) is 17.6. The number of aromatic nitrogens is 2. The number of anilines is 1. The normalized spacial score (nSPS) is 10.4. The van der Waals surface area contributed by atoms with E-state index in [1.165, 1.54) is 5.56 Å². The van der Waals surface area contributed by atoms with Crippen molar-refractivity contribution < 1.29 is 4.79 Å². The van der Waals surface area contributed by atoms with Crippen molar-refractivity contribution in [3.63, 3.8) is 0 Å². The minimum absolute atomic E-state index is 0.194. The number of benzene rings is 2. The molecule has 120 valence electrons. The summed E-state index contributed by atoms with van der Waals surface area (Å²) in [5, 5.41) is 2.91. The lowest BCUT2D eigenvalue weighted by molar-refractivity contribution is 0.102. The van der Waals surface area contributed by atoms with Crippen LogP contribution in [-0.2, 0) is 6.42 Å². The summed E-state index contributed by atoms with van der Waals surface area (Å²) in [4.78, 5) is 21.3. The van der Waals surface area contributed by atoms with Gasteiger partial charge in [-0.25, -0.2) is 9.97 Å². The van der Waals surface area contributed by atoms with Gasteiger partial charge in [-0.1, -0.05) is 49.4 Å². The van der Waals surface area contributed by atoms with Gasteiger partial charge in [-0.15, -0.1) is 0 Å². The lowest BCUT2D eigenvalue weighted by Crippen LogP contribution is -2.15. The van der Waals surface area contributed by atoms with Crippen LogP contribution in [0.1, 0.15) is 28.5 Å². The average Bonchev–Trinajstić information content (AvgIpc) is 2.62. The molecule has 24 heavy (non-hydrogen) atoms. The number of carbonyl (C=O) groups is 1. The average molecular weight is 317 g/mol. The van der Waals surface area contributed by atoms with Crippen LogP contribution in [0.2, 0.25) is 0 Å². The summed E-state index contributed by atoms with van der Waals surface area (Å²) in [6.07, 6.45) is 2.52. The SMILES string of the molecule is CCc1cccc(NC(=O)c2cnc(-c3ccccc3)nc2C)c1. The minimum Gasteiger partial charge on any atom is -0.322 e. The highest BCUT2D eigenvalue weighted by molar-refractivity contribution is 6.04. The molecule has 0 unspecified atom stereocenters. The largest absolute Gasteiger partial charge is 0.322 e. The maximum Gasteiger partial charge on any atom is 0.259 e. The molecular weight excluding hydrogens is 298 g/mol. The molecule has 1 N–H and O–H groups in total. The Morgan fingerprint density at radius 1 is 1.08 bits per heavy atom. The molecule has 0 saturated carbocycles. The molecule has 0 radical (unpaired) electrons. The Morgan fingerprint density at radius 2 is 1.88 bits per heavy atom. The maximum atomic E-state index is 12.5. The third kappa shape index (κ3) is 3.49. The predicted octanol–water partition coefficient (Wildman–Crippen LogP) is 4.27. The topological polar surface area (TPSA) is 54.9 Å². The Kier molecular flexibility index (Phi) is 4.66. The minimum atomic E-state index is -0.194. The van der Waals surface area contributed by atoms with Crippen molar-refractivity contribution in [3.05, 3.63) is 77.6 Å². The van der Waals surface area contributed by atoms with Gasteiger partial charge in [0.1, 0.15) is 0 Å². The molecule has 0 bridgehead atoms. The maximum absolute atomic E-state index is 12.5. The van der Waals surface area contributed by atoms with Gasteiger partial charge in [0, 0.05) is 17.4 Å². The first-order valence-electron chi connectivity index (χ1n) is 7.96. The molecule has 0 aliphatic rings. The van der Waals surface area contributed by atoms with Crippen LogP contribution in [0.5, 0.6) is 0 Å². The second-order valence-corrected chi connectivity index (χ2v) is 5.57. The van der Waals surface area contributed by atoms with E-state index in [-0.39, 0.29) is 5.91 Å². The van der Waals surface area contributed by atoms with Crippen molar-refractivity contribution in [2.45, 2.75) is 20.3 Å². The molecule has 3 aromatic rings. The monoisotopic (exact) mass is 317 g/mol. The lowest BCUT2D eigenvalue weighted by Gasteiger charge is -2.09. The van der Waals surface area contributed by atoms with Crippen LogP contribution in [-0.4, -0.2) is 15.9 Å². The van der Waals surface area contributed by atoms with Gasteiger partial charge in [-0.2, -0.15) is 0 Å². The number of hydrogen-bond donors (Lipinski definition) is 1. The molecule has 1 heterocycles. The summed E-state index contributed by atoms with van der Waals surface area (Å²) in [6.45, 7) is 3.91. The van der Waals surface area contributed by atoms with Crippen molar-refractivity contribution in [1.82, 2.24) is 9.97 Å². The van der Waals surface area contributed by atoms with Crippen molar-refractivity contribution >= 4 is 11.6 Å². The molecule has 4 heteroatoms. The van der Waals surface area contributed by atoms with Gasteiger partial charge in [0.25, 0.3) is 5.91 Å². The number of nitrogens with one attached hydrogen (secondary N) is 1. The van der Waals surface area contributed by atoms with E-state index in [4.69, 9.17) is 0 Å². The molecular formula is C20H19N3O. The third-order valence-electron chi connectivity index (χ3n) is 3.85. The van der Waals surface area contributed by atoms with Crippen LogP contribution in [0.15, 0.2) is 60.8 Å². The number of amides is 1. The molecule has 4 nitrogen and oxygen atoms in total. The van der Waals surface area contributed by atoms with Crippen molar-refractivity contribution in [3.8, 4) is 11.4 Å². The van der Waals surface area contributed by atoms with E-state index in [1.54, 1.807) is 6.20 Å². The van der Waals surface area contributed by atoms with Gasteiger partial charge in [0.15, 0.2) is 5.82 Å². The first kappa shape index (κ1) is 15.9. The van der Waals surface area contributed by atoms with Crippen molar-refractivity contribution in [1.29, 1.82) is 0 Å². The number of carbonyl (C=O) groups excluding carboxylic acids is 1. The van der Waals surface area contributed by atoms with E-state index in [9.17, 15) is 4.79 Å². The second kappa shape index (κ2) is 7.04. The highest BCUT2D eigenvalue weighted by atomic mass is 16.1. The highest BCUT2D eigenvalue weighted by Crippen LogP contribution is 2.17. The van der Waals surface area contributed by atoms with Crippen molar-refractivity contribution in [2.75, 3.05) is 5.32 Å². The Balaban J connectivity index is 1.82. The van der Waals surface area contributed by atoms with Crippen LogP contribution < -0.4 is 5.32 Å². The summed E-state index contributed by atoms with van der Waals surface area (Å²) in [5.74, 6) is 0.429. The summed E-state index contributed by atoms with van der Waals surface area (Å²) in [7, 11) is 0. The summed E-state index contributed by atoms with van der Waals surface area (Å²) in [5.41, 5.74) is 4.04. The number of rotatable bonds is 4. The quantitative estimate of drug-likeness (QED) is 0.782. The summed E-state index contributed by atoms with van der Waals surface area (Å²) < 4.78 is 0. The van der Waals surface area contributed by atoms with Gasteiger partial charge in [-0.05, 0) is 31.0 Å². The van der Waals surface area contributed by atoms with Crippen LogP contribution in [0.3, 0.4) is 0 Å². The van der Waals surface area contributed by atoms with Gasteiger partial charge in [-0.3, -0.25) is 4.79 Å². The predicted molar refractivity (Wildman–Crippen MR) is 96.0 cm³/mol. The third-order valence-corrected chi connectivity index (χ3v) is 3.85. The standard InChI is InChI=1S/C20H19N3O/c1-3-15-8-7-11-17(12-15)23-20(24)18-13-21-19(22-14(18)2)16-9-5-4-6-10-16/h4-13H,3H2,1-2H3,(H,23,24). The highest BCUT2D eigenvalue weighted by Gasteiger charge is 2.13. The molecule has 0 aliphatic carbocycles. The fraction of sp³-hybridized carbons (Fsp3) is 0.150. The van der Waals surface area contributed by atoms with Gasteiger partial charge in [0.05, 0.1) is 11.3 Å². The van der Waals surface area contributed by atoms with E-state index in [1.807, 2.05) is 61.5 Å². The number of aryl methyl sites for hydroxylation is 2. The zero-order valence-electron chi connectivity index (χ0n) is 13.8. The molecule has 0 saturated heterocycles. The van der Waals surface area contributed by atoms with E-state index in [0.717, 1.165) is 17.7 Å². The fourth-order valence-electron chi connectivity index (χ4n) is 2.48. The summed E-state index contributed by atoms with van der Waals surface area (Å²) >= 11 is 0. The van der Waals surface area contributed by atoms with E-state index in [0.29, 0.717) is 17.1 Å². The Hall–Kier alpha value is -3.01. The first-order valence-corrected chi connectivity index (χ1v) is 7.96. The van der Waals surface area contributed by atoms with Crippen molar-refractivity contribution in [2.24, 2.45) is 0 Å². The fourth-order valence-corrected chi connectivity index (χ4v) is 2.48. The smallest absolute Gasteiger partial charge is 0.259 e.